The van der Waals surface area contributed by atoms with Gasteiger partial charge in [-0.15, -0.1) is 0 Å². The van der Waals surface area contributed by atoms with Crippen molar-refractivity contribution < 1.29 is 14.7 Å². The van der Waals surface area contributed by atoms with Gasteiger partial charge in [0, 0.05) is 51.0 Å². The zero-order chi connectivity index (χ0) is 26.0. The third kappa shape index (κ3) is 4.87. The first-order chi connectivity index (χ1) is 17.2. The van der Waals surface area contributed by atoms with Crippen LogP contribution in [0.1, 0.15) is 23.1 Å². The summed E-state index contributed by atoms with van der Waals surface area (Å²) in [6.07, 6.45) is 1.46. The van der Waals surface area contributed by atoms with E-state index in [4.69, 9.17) is 17.3 Å². The maximum absolute atomic E-state index is 13.0. The highest BCUT2D eigenvalue weighted by Gasteiger charge is 2.33. The van der Waals surface area contributed by atoms with Gasteiger partial charge < -0.3 is 14.9 Å². The molecular weight excluding hydrogens is 498 g/mol. The van der Waals surface area contributed by atoms with Crippen LogP contribution in [-0.2, 0) is 16.6 Å². The third-order valence-corrected chi connectivity index (χ3v) is 7.74. The number of pyridine rings is 1. The Bertz CT molecular complexity index is 1360. The van der Waals surface area contributed by atoms with E-state index in [0.717, 1.165) is 30.5 Å². The Morgan fingerprint density at radius 3 is 2.42 bits per heavy atom. The van der Waals surface area contributed by atoms with E-state index in [2.05, 4.69) is 21.9 Å². The highest BCUT2D eigenvalue weighted by Crippen LogP contribution is 2.36. The average Bonchev–Trinajstić information content (AvgIpc) is 3.14. The summed E-state index contributed by atoms with van der Waals surface area (Å²) in [6.45, 7) is 4.48. The molecule has 0 aliphatic carbocycles. The highest BCUT2D eigenvalue weighted by atomic mass is 32.2. The van der Waals surface area contributed by atoms with E-state index in [1.807, 2.05) is 24.3 Å². The van der Waals surface area contributed by atoms with Gasteiger partial charge in [0.25, 0.3) is 11.5 Å². The van der Waals surface area contributed by atoms with Crippen LogP contribution < -0.4 is 15.4 Å². The van der Waals surface area contributed by atoms with Crippen LogP contribution in [-0.4, -0.2) is 63.5 Å². The molecule has 1 N–H and O–H groups in total. The lowest BCUT2D eigenvalue weighted by molar-refractivity contribution is -0.137. The molecule has 0 unspecified atom stereocenters. The topological polar surface area (TPSA) is 110 Å². The van der Waals surface area contributed by atoms with Crippen molar-refractivity contribution in [1.29, 1.82) is 5.26 Å². The van der Waals surface area contributed by atoms with E-state index in [9.17, 15) is 19.6 Å². The Morgan fingerprint density at radius 2 is 1.81 bits per heavy atom. The number of anilines is 2. The summed E-state index contributed by atoms with van der Waals surface area (Å²) in [7, 11) is 1.64. The molecule has 2 saturated heterocycles. The van der Waals surface area contributed by atoms with Crippen molar-refractivity contribution in [1.82, 2.24) is 9.47 Å². The van der Waals surface area contributed by atoms with Gasteiger partial charge in [-0.2, -0.15) is 5.26 Å². The number of amides is 1. The molecule has 2 aromatic rings. The van der Waals surface area contributed by atoms with Gasteiger partial charge in [0.05, 0.1) is 11.3 Å². The van der Waals surface area contributed by atoms with E-state index >= 15 is 0 Å². The fraction of sp³-hybridized carbons (Fsp3) is 0.320. The second kappa shape index (κ2) is 10.6. The minimum atomic E-state index is -1.02. The number of benzene rings is 1. The van der Waals surface area contributed by atoms with E-state index in [-0.39, 0.29) is 34.3 Å². The summed E-state index contributed by atoms with van der Waals surface area (Å²) in [6, 6.07) is 12.1. The Balaban J connectivity index is 1.71. The SMILES string of the molecule is Cc1c(C=C2SC(=S)N(CCC(=O)O)C2=O)c(N2CCN(c3ccccc3)CC2)n(C)c(=O)c1C#N. The molecule has 0 bridgehead atoms. The van der Waals surface area contributed by atoms with Crippen molar-refractivity contribution in [3.63, 3.8) is 0 Å². The van der Waals surface area contributed by atoms with Gasteiger partial charge in [-0.25, -0.2) is 0 Å². The van der Waals surface area contributed by atoms with Gasteiger partial charge in [-0.3, -0.25) is 23.9 Å². The molecule has 2 aliphatic rings. The number of carboxylic acid groups (broad SMARTS) is 1. The molecule has 1 aromatic carbocycles. The van der Waals surface area contributed by atoms with Crippen molar-refractivity contribution in [2.45, 2.75) is 13.3 Å². The standard InChI is InChI=1S/C25H25N5O4S2/c1-16-18(14-20-24(34)30(25(35)36-20)9-8-21(31)32)22(27(2)23(33)19(16)15-26)29-12-10-28(11-13-29)17-6-4-3-5-7-17/h3-7,14H,8-13H2,1-2H3,(H,31,32). The number of nitrogens with zero attached hydrogens (tertiary/aromatic N) is 5. The Morgan fingerprint density at radius 1 is 1.17 bits per heavy atom. The lowest BCUT2D eigenvalue weighted by Crippen LogP contribution is -2.48. The first-order valence-corrected chi connectivity index (χ1v) is 12.6. The first-order valence-electron chi connectivity index (χ1n) is 11.4. The van der Waals surface area contributed by atoms with Crippen LogP contribution in [0, 0.1) is 18.3 Å². The quantitative estimate of drug-likeness (QED) is 0.451. The summed E-state index contributed by atoms with van der Waals surface area (Å²) >= 11 is 6.41. The Hall–Kier alpha value is -3.62. The zero-order valence-electron chi connectivity index (χ0n) is 19.9. The molecule has 2 fully saturated rings. The maximum atomic E-state index is 13.0. The predicted molar refractivity (Wildman–Crippen MR) is 144 cm³/mol. The third-order valence-electron chi connectivity index (χ3n) is 6.37. The number of carbonyl (C=O) groups excluding carboxylic acids is 1. The molecule has 0 saturated carbocycles. The van der Waals surface area contributed by atoms with E-state index in [1.165, 1.54) is 9.47 Å². The number of aliphatic carboxylic acids is 1. The molecule has 1 aromatic heterocycles. The summed E-state index contributed by atoms with van der Waals surface area (Å²) in [5, 5.41) is 18.7. The van der Waals surface area contributed by atoms with Gasteiger partial charge in [0.15, 0.2) is 0 Å². The number of aromatic nitrogens is 1. The molecule has 1 amide bonds. The van der Waals surface area contributed by atoms with Crippen molar-refractivity contribution >= 4 is 57.8 Å². The van der Waals surface area contributed by atoms with Crippen LogP contribution in [0.4, 0.5) is 11.5 Å². The van der Waals surface area contributed by atoms with Gasteiger partial charge in [0.2, 0.25) is 0 Å². The van der Waals surface area contributed by atoms with E-state index in [0.29, 0.717) is 34.9 Å². The number of carboxylic acids is 1. The van der Waals surface area contributed by atoms with Crippen molar-refractivity contribution in [2.24, 2.45) is 7.05 Å². The Labute approximate surface area is 218 Å². The molecule has 4 rings (SSSR count). The minimum absolute atomic E-state index is 0.0126. The molecule has 0 radical (unpaired) electrons. The molecule has 3 heterocycles. The molecule has 9 nitrogen and oxygen atoms in total. The van der Waals surface area contributed by atoms with Crippen LogP contribution in [0.3, 0.4) is 0 Å². The van der Waals surface area contributed by atoms with Crippen LogP contribution in [0.5, 0.6) is 0 Å². The van der Waals surface area contributed by atoms with E-state index in [1.54, 1.807) is 20.0 Å². The predicted octanol–water partition coefficient (Wildman–Crippen LogP) is 2.57. The fourth-order valence-electron chi connectivity index (χ4n) is 4.44. The normalized spacial score (nSPS) is 17.1. The van der Waals surface area contributed by atoms with Crippen LogP contribution in [0.25, 0.3) is 6.08 Å². The van der Waals surface area contributed by atoms with Gasteiger partial charge >= 0.3 is 5.97 Å². The van der Waals surface area contributed by atoms with E-state index < -0.39 is 5.97 Å². The summed E-state index contributed by atoms with van der Waals surface area (Å²) < 4.78 is 1.76. The molecule has 2 aliphatic heterocycles. The van der Waals surface area contributed by atoms with Crippen molar-refractivity contribution in [3.05, 3.63) is 62.3 Å². The number of hydrogen-bond donors (Lipinski definition) is 1. The zero-order valence-corrected chi connectivity index (χ0v) is 21.6. The number of para-hydroxylation sites is 1. The van der Waals surface area contributed by atoms with Crippen LogP contribution in [0.2, 0.25) is 0 Å². The lowest BCUT2D eigenvalue weighted by Gasteiger charge is -2.38. The summed E-state index contributed by atoms with van der Waals surface area (Å²) in [5.41, 5.74) is 1.88. The Kier molecular flexibility index (Phi) is 7.47. The molecular formula is C25H25N5O4S2. The molecule has 11 heteroatoms. The van der Waals surface area contributed by atoms with Gasteiger partial charge in [-0.1, -0.05) is 42.2 Å². The number of piperazine rings is 1. The second-order valence-corrected chi connectivity index (χ2v) is 10.2. The molecule has 36 heavy (non-hydrogen) atoms. The molecule has 186 valence electrons. The summed E-state index contributed by atoms with van der Waals surface area (Å²) in [4.78, 5) is 43.0. The fourth-order valence-corrected chi connectivity index (χ4v) is 5.73. The van der Waals surface area contributed by atoms with Gasteiger partial charge in [0.1, 0.15) is 21.8 Å². The first kappa shape index (κ1) is 25.5. The monoisotopic (exact) mass is 523 g/mol. The average molecular weight is 524 g/mol. The maximum Gasteiger partial charge on any atom is 0.305 e. The lowest BCUT2D eigenvalue weighted by atomic mass is 10.0. The van der Waals surface area contributed by atoms with Crippen molar-refractivity contribution in [2.75, 3.05) is 42.5 Å². The molecule has 0 spiro atoms. The minimum Gasteiger partial charge on any atom is -0.481 e. The second-order valence-electron chi connectivity index (χ2n) is 8.50. The van der Waals surface area contributed by atoms with Crippen molar-refractivity contribution in [3.8, 4) is 6.07 Å². The van der Waals surface area contributed by atoms with Crippen LogP contribution in [0.15, 0.2) is 40.0 Å². The molecule has 0 atom stereocenters. The highest BCUT2D eigenvalue weighted by molar-refractivity contribution is 8.26. The summed E-state index contributed by atoms with van der Waals surface area (Å²) in [5.74, 6) is -0.754. The number of thioether (sulfide) groups is 1. The number of nitriles is 1. The largest absolute Gasteiger partial charge is 0.481 e. The number of rotatable bonds is 6. The number of hydrogen-bond acceptors (Lipinski definition) is 8. The smallest absolute Gasteiger partial charge is 0.305 e. The van der Waals surface area contributed by atoms with Gasteiger partial charge in [-0.05, 0) is 30.7 Å². The van der Waals surface area contributed by atoms with Crippen LogP contribution >= 0.6 is 24.0 Å². The number of carbonyl (C=O) groups is 2. The number of thiocarbonyl (C=S) groups is 1.